The molecule has 0 saturated heterocycles. The zero-order chi connectivity index (χ0) is 9.47. The molecule has 2 heteroatoms. The van der Waals surface area contributed by atoms with Gasteiger partial charge in [0.2, 0.25) is 0 Å². The molecule has 1 aromatic carbocycles. The summed E-state index contributed by atoms with van der Waals surface area (Å²) >= 11 is 1.62. The van der Waals surface area contributed by atoms with Gasteiger partial charge in [-0.15, -0.1) is 0 Å². The molecule has 13 heavy (non-hydrogen) atoms. The molecule has 0 saturated carbocycles. The lowest BCUT2D eigenvalue weighted by atomic mass is 9.92. The average molecular weight is 191 g/mol. The molecule has 0 aliphatic carbocycles. The number of nitrogens with zero attached hydrogens (tertiary/aromatic N) is 1. The summed E-state index contributed by atoms with van der Waals surface area (Å²) in [6.07, 6.45) is 0. The second-order valence-electron chi connectivity index (χ2n) is 4.28. The SMILES string of the molecule is CC(C)(C)c1snc2ccccc12. The summed E-state index contributed by atoms with van der Waals surface area (Å²) in [6, 6.07) is 8.33. The Kier molecular flexibility index (Phi) is 1.88. The summed E-state index contributed by atoms with van der Waals surface area (Å²) in [4.78, 5) is 1.38. The van der Waals surface area contributed by atoms with Gasteiger partial charge in [0.1, 0.15) is 0 Å². The van der Waals surface area contributed by atoms with E-state index in [1.807, 2.05) is 6.07 Å². The first kappa shape index (κ1) is 8.70. The van der Waals surface area contributed by atoms with Crippen molar-refractivity contribution in [3.05, 3.63) is 29.1 Å². The first-order chi connectivity index (χ1) is 6.09. The fourth-order valence-electron chi connectivity index (χ4n) is 1.43. The molecule has 0 fully saturated rings. The molecule has 0 N–H and O–H groups in total. The summed E-state index contributed by atoms with van der Waals surface area (Å²) in [5.41, 5.74) is 1.33. The molecule has 68 valence electrons. The van der Waals surface area contributed by atoms with Crippen LogP contribution in [0.4, 0.5) is 0 Å². The van der Waals surface area contributed by atoms with Crippen LogP contribution in [-0.4, -0.2) is 4.37 Å². The minimum absolute atomic E-state index is 0.209. The lowest BCUT2D eigenvalue weighted by molar-refractivity contribution is 0.608. The van der Waals surface area contributed by atoms with E-state index >= 15 is 0 Å². The van der Waals surface area contributed by atoms with Crippen LogP contribution in [0, 0.1) is 0 Å². The second-order valence-corrected chi connectivity index (χ2v) is 5.05. The van der Waals surface area contributed by atoms with Gasteiger partial charge in [-0.25, -0.2) is 0 Å². The molecule has 1 nitrogen and oxygen atoms in total. The largest absolute Gasteiger partial charge is 0.192 e. The summed E-state index contributed by atoms with van der Waals surface area (Å²) in [6.45, 7) is 6.69. The molecule has 1 heterocycles. The van der Waals surface area contributed by atoms with E-state index in [4.69, 9.17) is 0 Å². The molecule has 2 aromatic rings. The van der Waals surface area contributed by atoms with Crippen LogP contribution in [0.5, 0.6) is 0 Å². The van der Waals surface area contributed by atoms with Gasteiger partial charge in [-0.3, -0.25) is 0 Å². The van der Waals surface area contributed by atoms with Gasteiger partial charge in [-0.1, -0.05) is 39.0 Å². The number of rotatable bonds is 0. The second kappa shape index (κ2) is 2.81. The van der Waals surface area contributed by atoms with E-state index < -0.39 is 0 Å². The first-order valence-electron chi connectivity index (χ1n) is 4.44. The molecular formula is C11H13NS. The summed E-state index contributed by atoms with van der Waals surface area (Å²) in [5, 5.41) is 1.31. The van der Waals surface area contributed by atoms with Crippen molar-refractivity contribution in [2.75, 3.05) is 0 Å². The third-order valence-electron chi connectivity index (χ3n) is 2.07. The van der Waals surface area contributed by atoms with E-state index in [0.717, 1.165) is 5.52 Å². The number of hydrogen-bond donors (Lipinski definition) is 0. The Morgan fingerprint density at radius 2 is 1.85 bits per heavy atom. The minimum Gasteiger partial charge on any atom is -0.192 e. The van der Waals surface area contributed by atoms with Crippen molar-refractivity contribution in [3.8, 4) is 0 Å². The lowest BCUT2D eigenvalue weighted by Crippen LogP contribution is -2.08. The molecule has 2 rings (SSSR count). The van der Waals surface area contributed by atoms with Crippen LogP contribution in [0.3, 0.4) is 0 Å². The average Bonchev–Trinajstić information content (AvgIpc) is 2.45. The monoisotopic (exact) mass is 191 g/mol. The lowest BCUT2D eigenvalue weighted by Gasteiger charge is -2.15. The fourth-order valence-corrected chi connectivity index (χ4v) is 2.32. The highest BCUT2D eigenvalue weighted by Crippen LogP contribution is 2.32. The molecule has 0 amide bonds. The normalized spacial score (nSPS) is 12.2. The molecule has 0 unspecified atom stereocenters. The van der Waals surface area contributed by atoms with Gasteiger partial charge < -0.3 is 0 Å². The van der Waals surface area contributed by atoms with Crippen molar-refractivity contribution in [1.82, 2.24) is 4.37 Å². The van der Waals surface area contributed by atoms with E-state index in [0.29, 0.717) is 0 Å². The van der Waals surface area contributed by atoms with Gasteiger partial charge in [0.05, 0.1) is 5.52 Å². The number of hydrogen-bond acceptors (Lipinski definition) is 2. The Labute approximate surface area is 82.6 Å². The molecular weight excluding hydrogens is 178 g/mol. The zero-order valence-corrected chi connectivity index (χ0v) is 8.98. The van der Waals surface area contributed by atoms with Crippen LogP contribution in [0.1, 0.15) is 25.6 Å². The maximum absolute atomic E-state index is 4.43. The van der Waals surface area contributed by atoms with Crippen LogP contribution in [0.2, 0.25) is 0 Å². The highest BCUT2D eigenvalue weighted by atomic mass is 32.1. The highest BCUT2D eigenvalue weighted by molar-refractivity contribution is 7.07. The van der Waals surface area contributed by atoms with Crippen molar-refractivity contribution < 1.29 is 0 Å². The van der Waals surface area contributed by atoms with Crippen LogP contribution in [-0.2, 0) is 5.41 Å². The van der Waals surface area contributed by atoms with Gasteiger partial charge in [0, 0.05) is 10.3 Å². The van der Waals surface area contributed by atoms with E-state index in [-0.39, 0.29) is 5.41 Å². The molecule has 0 aliphatic rings. The Balaban J connectivity index is 2.72. The van der Waals surface area contributed by atoms with E-state index in [9.17, 15) is 0 Å². The Morgan fingerprint density at radius 3 is 2.54 bits per heavy atom. The summed E-state index contributed by atoms with van der Waals surface area (Å²) in [7, 11) is 0. The van der Waals surface area contributed by atoms with Crippen molar-refractivity contribution in [1.29, 1.82) is 0 Å². The Bertz CT molecular complexity index is 423. The molecule has 0 atom stereocenters. The predicted molar refractivity (Wildman–Crippen MR) is 58.3 cm³/mol. The van der Waals surface area contributed by atoms with E-state index in [2.05, 4.69) is 43.3 Å². The van der Waals surface area contributed by atoms with Crippen molar-refractivity contribution >= 4 is 22.4 Å². The summed E-state index contributed by atoms with van der Waals surface area (Å²) in [5.74, 6) is 0. The maximum Gasteiger partial charge on any atom is 0.0843 e. The van der Waals surface area contributed by atoms with Gasteiger partial charge >= 0.3 is 0 Å². The van der Waals surface area contributed by atoms with Crippen LogP contribution in [0.15, 0.2) is 24.3 Å². The van der Waals surface area contributed by atoms with Crippen LogP contribution >= 0.6 is 11.5 Å². The predicted octanol–water partition coefficient (Wildman–Crippen LogP) is 3.59. The fraction of sp³-hybridized carbons (Fsp3) is 0.364. The highest BCUT2D eigenvalue weighted by Gasteiger charge is 2.19. The standard InChI is InChI=1S/C11H13NS/c1-11(2,3)10-8-6-4-5-7-9(8)12-13-10/h4-7H,1-3H3. The van der Waals surface area contributed by atoms with Gasteiger partial charge in [-0.05, 0) is 23.0 Å². The third-order valence-corrected chi connectivity index (χ3v) is 3.37. The molecule has 0 aliphatic heterocycles. The molecule has 1 aromatic heterocycles. The topological polar surface area (TPSA) is 12.9 Å². The van der Waals surface area contributed by atoms with Crippen molar-refractivity contribution in [3.63, 3.8) is 0 Å². The summed E-state index contributed by atoms with van der Waals surface area (Å²) < 4.78 is 4.43. The van der Waals surface area contributed by atoms with Crippen molar-refractivity contribution in [2.24, 2.45) is 0 Å². The number of aromatic nitrogens is 1. The third kappa shape index (κ3) is 1.46. The Morgan fingerprint density at radius 1 is 1.15 bits per heavy atom. The molecule has 0 radical (unpaired) electrons. The van der Waals surface area contributed by atoms with Gasteiger partial charge in [-0.2, -0.15) is 4.37 Å². The van der Waals surface area contributed by atoms with Crippen LogP contribution in [0.25, 0.3) is 10.9 Å². The van der Waals surface area contributed by atoms with E-state index in [1.54, 1.807) is 11.5 Å². The smallest absolute Gasteiger partial charge is 0.0843 e. The van der Waals surface area contributed by atoms with E-state index in [1.165, 1.54) is 10.3 Å². The first-order valence-corrected chi connectivity index (χ1v) is 5.21. The maximum atomic E-state index is 4.43. The zero-order valence-electron chi connectivity index (χ0n) is 8.16. The van der Waals surface area contributed by atoms with Crippen molar-refractivity contribution in [2.45, 2.75) is 26.2 Å². The van der Waals surface area contributed by atoms with Crippen LogP contribution < -0.4 is 0 Å². The molecule has 0 spiro atoms. The number of fused-ring (bicyclic) bond motifs is 1. The molecule has 0 bridgehead atoms. The van der Waals surface area contributed by atoms with Gasteiger partial charge in [0.15, 0.2) is 0 Å². The quantitative estimate of drug-likeness (QED) is 0.620. The Hall–Kier alpha value is -0.890. The number of benzene rings is 1. The van der Waals surface area contributed by atoms with Gasteiger partial charge in [0.25, 0.3) is 0 Å². The minimum atomic E-state index is 0.209.